The van der Waals surface area contributed by atoms with Crippen LogP contribution in [-0.2, 0) is 11.2 Å². The van der Waals surface area contributed by atoms with E-state index in [9.17, 15) is 9.59 Å². The number of fused-ring (bicyclic) bond motifs is 1. The molecular formula is C28H31N3O3S. The monoisotopic (exact) mass is 489 g/mol. The highest BCUT2D eigenvalue weighted by molar-refractivity contribution is 7.10. The van der Waals surface area contributed by atoms with Gasteiger partial charge >= 0.3 is 0 Å². The molecule has 0 N–H and O–H groups in total. The van der Waals surface area contributed by atoms with Crippen molar-refractivity contribution >= 4 is 23.2 Å². The molecule has 1 aromatic heterocycles. The molecule has 0 unspecified atom stereocenters. The second-order valence-corrected chi connectivity index (χ2v) is 10.3. The lowest BCUT2D eigenvalue weighted by Crippen LogP contribution is -2.57. The van der Waals surface area contributed by atoms with Crippen LogP contribution >= 0.6 is 11.3 Å². The third-order valence-electron chi connectivity index (χ3n) is 7.08. The second kappa shape index (κ2) is 10.2. The number of ether oxygens (including phenoxy) is 1. The van der Waals surface area contributed by atoms with Crippen molar-refractivity contribution in [3.63, 3.8) is 0 Å². The first-order valence-electron chi connectivity index (χ1n) is 12.1. The van der Waals surface area contributed by atoms with E-state index in [0.29, 0.717) is 37.5 Å². The first kappa shape index (κ1) is 23.6. The van der Waals surface area contributed by atoms with Gasteiger partial charge < -0.3 is 14.5 Å². The minimum Gasteiger partial charge on any atom is -0.497 e. The van der Waals surface area contributed by atoms with Gasteiger partial charge in [0.05, 0.1) is 19.7 Å². The fourth-order valence-electron chi connectivity index (χ4n) is 5.25. The lowest BCUT2D eigenvalue weighted by atomic mass is 9.93. The van der Waals surface area contributed by atoms with Gasteiger partial charge in [0.25, 0.3) is 5.91 Å². The highest BCUT2D eigenvalue weighted by atomic mass is 32.1. The van der Waals surface area contributed by atoms with E-state index in [4.69, 9.17) is 4.74 Å². The zero-order valence-electron chi connectivity index (χ0n) is 20.2. The Labute approximate surface area is 210 Å². The molecular weight excluding hydrogens is 458 g/mol. The van der Waals surface area contributed by atoms with Crippen molar-refractivity contribution in [3.8, 4) is 5.75 Å². The maximum atomic E-state index is 13.4. The molecule has 1 fully saturated rings. The largest absolute Gasteiger partial charge is 0.497 e. The van der Waals surface area contributed by atoms with Crippen molar-refractivity contribution in [2.45, 2.75) is 25.4 Å². The average Bonchev–Trinajstić information content (AvgIpc) is 3.37. The Bertz CT molecular complexity index is 1190. The summed E-state index contributed by atoms with van der Waals surface area (Å²) in [6.07, 6.45) is 0.975. The van der Waals surface area contributed by atoms with Crippen LogP contribution in [-0.4, -0.2) is 72.4 Å². The minimum atomic E-state index is -0.0545. The van der Waals surface area contributed by atoms with Gasteiger partial charge in [0.2, 0.25) is 5.91 Å². The highest BCUT2D eigenvalue weighted by Crippen LogP contribution is 2.37. The van der Waals surface area contributed by atoms with Crippen LogP contribution in [0.5, 0.6) is 5.75 Å². The Morgan fingerprint density at radius 3 is 2.63 bits per heavy atom. The molecule has 182 valence electrons. The van der Waals surface area contributed by atoms with E-state index in [-0.39, 0.29) is 23.9 Å². The maximum Gasteiger partial charge on any atom is 0.254 e. The fourth-order valence-corrected chi connectivity index (χ4v) is 6.15. The van der Waals surface area contributed by atoms with Gasteiger partial charge in [-0.25, -0.2) is 0 Å². The normalized spacial score (nSPS) is 20.4. The van der Waals surface area contributed by atoms with Gasteiger partial charge in [0, 0.05) is 42.7 Å². The lowest BCUT2D eigenvalue weighted by Gasteiger charge is -2.42. The smallest absolute Gasteiger partial charge is 0.254 e. The summed E-state index contributed by atoms with van der Waals surface area (Å²) in [4.78, 5) is 34.1. The van der Waals surface area contributed by atoms with E-state index in [0.717, 1.165) is 13.0 Å². The number of amides is 2. The minimum absolute atomic E-state index is 0.0198. The topological polar surface area (TPSA) is 53.1 Å². The van der Waals surface area contributed by atoms with Crippen LogP contribution in [0.2, 0.25) is 0 Å². The fraction of sp³-hybridized carbons (Fsp3) is 0.357. The average molecular weight is 490 g/mol. The number of carbonyl (C=O) groups excluding carboxylic acids is 2. The Hall–Kier alpha value is -3.16. The zero-order chi connectivity index (χ0) is 24.4. The summed E-state index contributed by atoms with van der Waals surface area (Å²) in [7, 11) is 1.60. The lowest BCUT2D eigenvalue weighted by molar-refractivity contribution is -0.135. The molecule has 7 heteroatoms. The molecule has 3 aromatic rings. The van der Waals surface area contributed by atoms with Crippen LogP contribution in [0.1, 0.15) is 39.3 Å². The van der Waals surface area contributed by atoms with Crippen molar-refractivity contribution < 1.29 is 14.3 Å². The van der Waals surface area contributed by atoms with Crippen LogP contribution in [0.3, 0.4) is 0 Å². The maximum absolute atomic E-state index is 13.4. The molecule has 3 heterocycles. The molecule has 2 aliphatic rings. The number of benzene rings is 2. The molecule has 2 amide bonds. The Morgan fingerprint density at radius 2 is 1.86 bits per heavy atom. The second-order valence-electron chi connectivity index (χ2n) is 9.25. The molecule has 35 heavy (non-hydrogen) atoms. The quantitative estimate of drug-likeness (QED) is 0.542. The van der Waals surface area contributed by atoms with E-state index < -0.39 is 0 Å². The number of carbonyl (C=O) groups is 2. The van der Waals surface area contributed by atoms with Crippen LogP contribution in [0.4, 0.5) is 0 Å². The molecule has 2 aromatic carbocycles. The standard InChI is InChI=1S/C28H31N3O3S/c1-20-18-29(14-15-31(20)28(33)22-9-6-10-23(17-22)34-2)26(32)19-30-13-11-25-24(12-16-35-25)27(30)21-7-4-3-5-8-21/h3-10,12,16-17,20,27H,11,13-15,18-19H2,1-2H3/t20-,27+/m1/s1. The molecule has 5 rings (SSSR count). The number of rotatable bonds is 5. The Balaban J connectivity index is 1.26. The Kier molecular flexibility index (Phi) is 6.88. The van der Waals surface area contributed by atoms with Gasteiger partial charge in [-0.1, -0.05) is 36.4 Å². The van der Waals surface area contributed by atoms with Crippen molar-refractivity contribution in [3.05, 3.63) is 87.6 Å². The first-order valence-corrected chi connectivity index (χ1v) is 13.0. The van der Waals surface area contributed by atoms with Gasteiger partial charge in [-0.2, -0.15) is 0 Å². The zero-order valence-corrected chi connectivity index (χ0v) is 21.0. The molecule has 0 saturated carbocycles. The summed E-state index contributed by atoms with van der Waals surface area (Å²) in [5.41, 5.74) is 3.16. The summed E-state index contributed by atoms with van der Waals surface area (Å²) in [6.45, 7) is 4.88. The molecule has 0 aliphatic carbocycles. The summed E-state index contributed by atoms with van der Waals surface area (Å²) in [5, 5.41) is 2.16. The van der Waals surface area contributed by atoms with E-state index in [2.05, 4.69) is 40.6 Å². The van der Waals surface area contributed by atoms with Gasteiger partial charge in [0.1, 0.15) is 5.75 Å². The summed E-state index contributed by atoms with van der Waals surface area (Å²) < 4.78 is 5.27. The van der Waals surface area contributed by atoms with Crippen LogP contribution in [0.25, 0.3) is 0 Å². The van der Waals surface area contributed by atoms with Crippen LogP contribution in [0.15, 0.2) is 66.0 Å². The number of nitrogens with zero attached hydrogens (tertiary/aromatic N) is 3. The SMILES string of the molecule is COc1cccc(C(=O)N2CCN(C(=O)CN3CCc4sccc4[C@@H]3c3ccccc3)C[C@H]2C)c1. The molecule has 0 spiro atoms. The van der Waals surface area contributed by atoms with Gasteiger partial charge in [0.15, 0.2) is 0 Å². The number of hydrogen-bond donors (Lipinski definition) is 0. The summed E-state index contributed by atoms with van der Waals surface area (Å²) in [6, 6.07) is 20.0. The van der Waals surface area contributed by atoms with E-state index in [1.807, 2.05) is 52.3 Å². The van der Waals surface area contributed by atoms with Gasteiger partial charge in [-0.3, -0.25) is 14.5 Å². The third kappa shape index (κ3) is 4.83. The first-order chi connectivity index (χ1) is 17.0. The van der Waals surface area contributed by atoms with Crippen molar-refractivity contribution in [1.82, 2.24) is 14.7 Å². The molecule has 2 aliphatic heterocycles. The van der Waals surface area contributed by atoms with Crippen molar-refractivity contribution in [2.75, 3.05) is 39.8 Å². The number of piperazine rings is 1. The third-order valence-corrected chi connectivity index (χ3v) is 8.07. The predicted octanol–water partition coefficient (Wildman–Crippen LogP) is 4.08. The highest BCUT2D eigenvalue weighted by Gasteiger charge is 2.34. The molecule has 2 atom stereocenters. The van der Waals surface area contributed by atoms with Crippen LogP contribution in [0, 0.1) is 0 Å². The summed E-state index contributed by atoms with van der Waals surface area (Å²) >= 11 is 1.81. The van der Waals surface area contributed by atoms with Gasteiger partial charge in [-0.05, 0) is 54.1 Å². The number of methoxy groups -OCH3 is 1. The van der Waals surface area contributed by atoms with Crippen LogP contribution < -0.4 is 4.74 Å². The number of hydrogen-bond acceptors (Lipinski definition) is 5. The summed E-state index contributed by atoms with van der Waals surface area (Å²) in [5.74, 6) is 0.777. The molecule has 0 radical (unpaired) electrons. The number of thiophene rings is 1. The van der Waals surface area contributed by atoms with E-state index >= 15 is 0 Å². The Morgan fingerprint density at radius 1 is 1.03 bits per heavy atom. The molecule has 1 saturated heterocycles. The van der Waals surface area contributed by atoms with E-state index in [1.165, 1.54) is 16.0 Å². The van der Waals surface area contributed by atoms with E-state index in [1.54, 1.807) is 13.2 Å². The van der Waals surface area contributed by atoms with Crippen molar-refractivity contribution in [1.29, 1.82) is 0 Å². The van der Waals surface area contributed by atoms with Gasteiger partial charge in [-0.15, -0.1) is 11.3 Å². The molecule has 0 bridgehead atoms. The van der Waals surface area contributed by atoms with Crippen molar-refractivity contribution in [2.24, 2.45) is 0 Å². The predicted molar refractivity (Wildman–Crippen MR) is 138 cm³/mol. The molecule has 6 nitrogen and oxygen atoms in total.